The summed E-state index contributed by atoms with van der Waals surface area (Å²) in [5.74, 6) is 1.88. The Labute approximate surface area is 114 Å². The van der Waals surface area contributed by atoms with Crippen LogP contribution in [0.4, 0.5) is 11.8 Å². The largest absolute Gasteiger partial charge is 0.353 e. The molecule has 1 aromatic heterocycles. The first-order valence-electron chi connectivity index (χ1n) is 6.65. The smallest absolute Gasteiger partial charge is 0.226 e. The second-order valence-electron chi connectivity index (χ2n) is 4.83. The summed E-state index contributed by atoms with van der Waals surface area (Å²) in [6.45, 7) is 5.11. The number of carbonyl (C=O) groups excluding carboxylic acids is 1. The van der Waals surface area contributed by atoms with Crippen molar-refractivity contribution in [2.24, 2.45) is 0 Å². The van der Waals surface area contributed by atoms with E-state index >= 15 is 0 Å². The summed E-state index contributed by atoms with van der Waals surface area (Å²) >= 11 is 0. The van der Waals surface area contributed by atoms with Crippen molar-refractivity contribution in [1.82, 2.24) is 14.9 Å². The molecule has 2 rings (SSSR count). The number of carbonyl (C=O) groups is 1. The van der Waals surface area contributed by atoms with Crippen LogP contribution in [0.3, 0.4) is 0 Å². The Kier molecular flexibility index (Phi) is 4.19. The number of aromatic nitrogens is 2. The third-order valence-electron chi connectivity index (χ3n) is 3.29. The molecular formula is C13H21N5O. The van der Waals surface area contributed by atoms with E-state index in [1.165, 1.54) is 0 Å². The van der Waals surface area contributed by atoms with Crippen LogP contribution in [-0.4, -0.2) is 61.0 Å². The number of rotatable bonds is 3. The Morgan fingerprint density at radius 1 is 1.32 bits per heavy atom. The van der Waals surface area contributed by atoms with Crippen LogP contribution in [0, 0.1) is 0 Å². The summed E-state index contributed by atoms with van der Waals surface area (Å²) in [6, 6.07) is 1.92. The van der Waals surface area contributed by atoms with Gasteiger partial charge < -0.3 is 14.7 Å². The minimum absolute atomic E-state index is 0.233. The van der Waals surface area contributed by atoms with Gasteiger partial charge in [-0.2, -0.15) is 4.98 Å². The third-order valence-corrected chi connectivity index (χ3v) is 3.29. The third kappa shape index (κ3) is 3.13. The topological polar surface area (TPSA) is 52.6 Å². The maximum atomic E-state index is 11.6. The first kappa shape index (κ1) is 13.6. The molecule has 19 heavy (non-hydrogen) atoms. The van der Waals surface area contributed by atoms with Gasteiger partial charge in [0, 0.05) is 52.9 Å². The molecule has 0 spiro atoms. The van der Waals surface area contributed by atoms with Crippen LogP contribution < -0.4 is 9.80 Å². The average molecular weight is 263 g/mol. The first-order chi connectivity index (χ1) is 9.11. The maximum Gasteiger partial charge on any atom is 0.226 e. The van der Waals surface area contributed by atoms with E-state index in [9.17, 15) is 4.79 Å². The van der Waals surface area contributed by atoms with E-state index in [2.05, 4.69) is 14.9 Å². The molecule has 2 heterocycles. The van der Waals surface area contributed by atoms with Gasteiger partial charge in [0.2, 0.25) is 11.9 Å². The Hall–Kier alpha value is -1.85. The number of piperazine rings is 1. The van der Waals surface area contributed by atoms with Crippen molar-refractivity contribution >= 4 is 17.7 Å². The average Bonchev–Trinajstić information content (AvgIpc) is 2.46. The van der Waals surface area contributed by atoms with Gasteiger partial charge in [-0.15, -0.1) is 0 Å². The summed E-state index contributed by atoms with van der Waals surface area (Å²) < 4.78 is 0. The molecule has 1 amide bonds. The van der Waals surface area contributed by atoms with Crippen molar-refractivity contribution < 1.29 is 4.79 Å². The zero-order valence-corrected chi connectivity index (χ0v) is 11.8. The highest BCUT2D eigenvalue weighted by Crippen LogP contribution is 2.15. The van der Waals surface area contributed by atoms with Crippen molar-refractivity contribution in [3.05, 3.63) is 12.3 Å². The van der Waals surface area contributed by atoms with Crippen LogP contribution in [0.15, 0.2) is 12.3 Å². The summed E-state index contributed by atoms with van der Waals surface area (Å²) in [6.07, 6.45) is 2.36. The monoisotopic (exact) mass is 263 g/mol. The Morgan fingerprint density at radius 2 is 2.00 bits per heavy atom. The molecule has 0 aromatic carbocycles. The lowest BCUT2D eigenvalue weighted by atomic mass is 10.3. The molecule has 0 saturated carbocycles. The highest BCUT2D eigenvalue weighted by molar-refractivity contribution is 5.76. The van der Waals surface area contributed by atoms with Crippen molar-refractivity contribution in [3.63, 3.8) is 0 Å². The second-order valence-corrected chi connectivity index (χ2v) is 4.83. The molecule has 0 aliphatic carbocycles. The predicted molar refractivity (Wildman–Crippen MR) is 75.4 cm³/mol. The first-order valence-corrected chi connectivity index (χ1v) is 6.65. The molecule has 6 heteroatoms. The van der Waals surface area contributed by atoms with Crippen LogP contribution in [0.25, 0.3) is 0 Å². The normalized spacial score (nSPS) is 15.5. The van der Waals surface area contributed by atoms with Crippen molar-refractivity contribution in [1.29, 1.82) is 0 Å². The molecule has 1 aromatic rings. The lowest BCUT2D eigenvalue weighted by molar-refractivity contribution is -0.131. The molecule has 0 N–H and O–H groups in total. The number of hydrogen-bond donors (Lipinski definition) is 0. The van der Waals surface area contributed by atoms with E-state index in [1.54, 1.807) is 6.20 Å². The summed E-state index contributed by atoms with van der Waals surface area (Å²) in [7, 11) is 3.86. The molecule has 1 fully saturated rings. The molecule has 1 aliphatic rings. The summed E-state index contributed by atoms with van der Waals surface area (Å²) in [5, 5.41) is 0. The van der Waals surface area contributed by atoms with E-state index in [-0.39, 0.29) is 5.91 Å². The molecular weight excluding hydrogens is 242 g/mol. The zero-order valence-electron chi connectivity index (χ0n) is 11.8. The summed E-state index contributed by atoms with van der Waals surface area (Å²) in [4.78, 5) is 26.4. The van der Waals surface area contributed by atoms with Gasteiger partial charge in [0.15, 0.2) is 0 Å². The molecule has 104 valence electrons. The van der Waals surface area contributed by atoms with Crippen molar-refractivity contribution in [2.45, 2.75) is 13.3 Å². The van der Waals surface area contributed by atoms with E-state index in [0.717, 1.165) is 32.0 Å². The Morgan fingerprint density at radius 3 is 2.58 bits per heavy atom. The molecule has 6 nitrogen and oxygen atoms in total. The van der Waals surface area contributed by atoms with Gasteiger partial charge in [-0.1, -0.05) is 6.92 Å². The Bertz CT molecular complexity index is 440. The molecule has 0 unspecified atom stereocenters. The van der Waals surface area contributed by atoms with Crippen LogP contribution >= 0.6 is 0 Å². The van der Waals surface area contributed by atoms with Crippen LogP contribution in [0.2, 0.25) is 0 Å². The van der Waals surface area contributed by atoms with Crippen molar-refractivity contribution in [3.8, 4) is 0 Å². The van der Waals surface area contributed by atoms with E-state index in [4.69, 9.17) is 0 Å². The fourth-order valence-corrected chi connectivity index (χ4v) is 2.14. The lowest BCUT2D eigenvalue weighted by Crippen LogP contribution is -2.48. The fourth-order valence-electron chi connectivity index (χ4n) is 2.14. The fraction of sp³-hybridized carbons (Fsp3) is 0.615. The van der Waals surface area contributed by atoms with Gasteiger partial charge in [0.1, 0.15) is 5.82 Å². The number of amides is 1. The van der Waals surface area contributed by atoms with Crippen LogP contribution in [0.5, 0.6) is 0 Å². The predicted octanol–water partition coefficient (Wildman–Crippen LogP) is 0.601. The summed E-state index contributed by atoms with van der Waals surface area (Å²) in [5.41, 5.74) is 0. The highest BCUT2D eigenvalue weighted by Gasteiger charge is 2.21. The van der Waals surface area contributed by atoms with Crippen molar-refractivity contribution in [2.75, 3.05) is 50.1 Å². The van der Waals surface area contributed by atoms with Gasteiger partial charge in [0.05, 0.1) is 0 Å². The van der Waals surface area contributed by atoms with Gasteiger partial charge in [-0.05, 0) is 6.07 Å². The standard InChI is InChI=1S/C13H21N5O/c1-4-12(19)18-9-7-17(8-10-18)11-5-6-14-13(15-11)16(2)3/h5-6H,4,7-10H2,1-3H3. The highest BCUT2D eigenvalue weighted by atomic mass is 16.2. The maximum absolute atomic E-state index is 11.6. The number of anilines is 2. The Balaban J connectivity index is 2.01. The molecule has 0 atom stereocenters. The quantitative estimate of drug-likeness (QED) is 0.799. The van der Waals surface area contributed by atoms with Crippen LogP contribution in [-0.2, 0) is 4.79 Å². The van der Waals surface area contributed by atoms with Gasteiger partial charge in [0.25, 0.3) is 0 Å². The van der Waals surface area contributed by atoms with E-state index in [1.807, 2.05) is 36.9 Å². The zero-order chi connectivity index (χ0) is 13.8. The van der Waals surface area contributed by atoms with Gasteiger partial charge >= 0.3 is 0 Å². The minimum Gasteiger partial charge on any atom is -0.353 e. The second kappa shape index (κ2) is 5.86. The van der Waals surface area contributed by atoms with Gasteiger partial charge in [-0.3, -0.25) is 4.79 Å². The molecule has 1 aliphatic heterocycles. The lowest BCUT2D eigenvalue weighted by Gasteiger charge is -2.35. The van der Waals surface area contributed by atoms with Crippen LogP contribution in [0.1, 0.15) is 13.3 Å². The minimum atomic E-state index is 0.233. The van der Waals surface area contributed by atoms with Gasteiger partial charge in [-0.25, -0.2) is 4.98 Å². The molecule has 1 saturated heterocycles. The number of nitrogens with zero attached hydrogens (tertiary/aromatic N) is 5. The van der Waals surface area contributed by atoms with E-state index < -0.39 is 0 Å². The molecule has 0 radical (unpaired) electrons. The SMILES string of the molecule is CCC(=O)N1CCN(c2ccnc(N(C)C)n2)CC1. The number of hydrogen-bond acceptors (Lipinski definition) is 5. The van der Waals surface area contributed by atoms with E-state index in [0.29, 0.717) is 12.4 Å². The molecule has 0 bridgehead atoms.